The van der Waals surface area contributed by atoms with E-state index in [-0.39, 0.29) is 0 Å². The zero-order valence-electron chi connectivity index (χ0n) is 8.64. The third kappa shape index (κ3) is 2.54. The van der Waals surface area contributed by atoms with E-state index < -0.39 is 11.7 Å². The van der Waals surface area contributed by atoms with Crippen LogP contribution in [0.3, 0.4) is 0 Å². The molecule has 2 rings (SSSR count). The van der Waals surface area contributed by atoms with Crippen LogP contribution in [0.25, 0.3) is 10.4 Å². The summed E-state index contributed by atoms with van der Waals surface area (Å²) in [5.41, 5.74) is 5.88. The zero-order valence-corrected chi connectivity index (χ0v) is 10.2. The van der Waals surface area contributed by atoms with Crippen LogP contribution in [0.1, 0.15) is 9.67 Å². The van der Waals surface area contributed by atoms with Gasteiger partial charge in [-0.3, -0.25) is 9.59 Å². The number of hydrogen-bond donors (Lipinski definition) is 1. The van der Waals surface area contributed by atoms with Gasteiger partial charge in [0.1, 0.15) is 0 Å². The molecule has 0 fully saturated rings. The maximum Gasteiger partial charge on any atom is 0.290 e. The fourth-order valence-corrected chi connectivity index (χ4v) is 2.43. The molecule has 0 aliphatic rings. The minimum absolute atomic E-state index is 0.349. The molecular weight excluding hydrogens is 258 g/mol. The van der Waals surface area contributed by atoms with Crippen molar-refractivity contribution in [1.82, 2.24) is 0 Å². The van der Waals surface area contributed by atoms with Crippen LogP contribution in [0, 0.1) is 0 Å². The number of hydrogen-bond acceptors (Lipinski definition) is 3. The Kier molecular flexibility index (Phi) is 3.26. The number of nitrogens with two attached hydrogens (primary N) is 1. The monoisotopic (exact) mass is 265 g/mol. The first-order chi connectivity index (χ1) is 8.08. The fraction of sp³-hybridized carbons (Fsp3) is 0. The van der Waals surface area contributed by atoms with Crippen LogP contribution in [-0.4, -0.2) is 11.7 Å². The van der Waals surface area contributed by atoms with Gasteiger partial charge in [0.15, 0.2) is 0 Å². The molecule has 0 spiro atoms. The Bertz CT molecular complexity index is 574. The van der Waals surface area contributed by atoms with Crippen molar-refractivity contribution in [3.63, 3.8) is 0 Å². The quantitative estimate of drug-likeness (QED) is 0.685. The predicted octanol–water partition coefficient (Wildman–Crippen LogP) is 2.74. The average molecular weight is 266 g/mol. The van der Waals surface area contributed by atoms with E-state index in [0.717, 1.165) is 10.4 Å². The lowest BCUT2D eigenvalue weighted by molar-refractivity contribution is -0.114. The van der Waals surface area contributed by atoms with E-state index in [1.54, 1.807) is 24.3 Å². The SMILES string of the molecule is NC(=O)C(=O)c1ccc(-c2ccc(Cl)cc2)s1. The molecule has 1 aromatic carbocycles. The van der Waals surface area contributed by atoms with Crippen molar-refractivity contribution in [3.05, 3.63) is 46.3 Å². The molecule has 0 unspecified atom stereocenters. The first-order valence-electron chi connectivity index (χ1n) is 4.78. The number of benzene rings is 1. The van der Waals surface area contributed by atoms with E-state index in [1.165, 1.54) is 11.3 Å². The van der Waals surface area contributed by atoms with Crippen molar-refractivity contribution in [2.45, 2.75) is 0 Å². The van der Waals surface area contributed by atoms with Crippen LogP contribution >= 0.6 is 22.9 Å². The number of halogens is 1. The molecular formula is C12H8ClNO2S. The van der Waals surface area contributed by atoms with Crippen molar-refractivity contribution in [1.29, 1.82) is 0 Å². The normalized spacial score (nSPS) is 10.2. The first-order valence-corrected chi connectivity index (χ1v) is 5.97. The molecule has 1 amide bonds. The second-order valence-corrected chi connectivity index (χ2v) is 4.88. The molecule has 86 valence electrons. The number of Topliss-reactive ketones (excluding diaryl/α,β-unsaturated/α-hetero) is 1. The molecule has 0 aliphatic carbocycles. The minimum atomic E-state index is -0.936. The highest BCUT2D eigenvalue weighted by Crippen LogP contribution is 2.29. The fourth-order valence-electron chi connectivity index (χ4n) is 1.35. The molecule has 0 radical (unpaired) electrons. The average Bonchev–Trinajstić information content (AvgIpc) is 2.78. The van der Waals surface area contributed by atoms with Crippen molar-refractivity contribution >= 4 is 34.6 Å². The van der Waals surface area contributed by atoms with Gasteiger partial charge < -0.3 is 5.73 Å². The summed E-state index contributed by atoms with van der Waals surface area (Å²) in [5.74, 6) is -1.59. The number of primary amides is 1. The number of rotatable bonds is 3. The van der Waals surface area contributed by atoms with Gasteiger partial charge in [0.25, 0.3) is 11.7 Å². The summed E-state index contributed by atoms with van der Waals surface area (Å²) in [7, 11) is 0. The largest absolute Gasteiger partial charge is 0.363 e. The molecule has 0 saturated carbocycles. The Morgan fingerprint density at radius 1 is 1.06 bits per heavy atom. The van der Waals surface area contributed by atoms with Gasteiger partial charge in [-0.15, -0.1) is 11.3 Å². The van der Waals surface area contributed by atoms with Crippen LogP contribution in [-0.2, 0) is 4.79 Å². The lowest BCUT2D eigenvalue weighted by Gasteiger charge is -1.96. The zero-order chi connectivity index (χ0) is 12.4. The summed E-state index contributed by atoms with van der Waals surface area (Å²) in [6.07, 6.45) is 0. The van der Waals surface area contributed by atoms with E-state index >= 15 is 0 Å². The highest BCUT2D eigenvalue weighted by atomic mass is 35.5. The topological polar surface area (TPSA) is 60.2 Å². The van der Waals surface area contributed by atoms with Gasteiger partial charge in [0.2, 0.25) is 0 Å². The van der Waals surface area contributed by atoms with Crippen molar-refractivity contribution in [3.8, 4) is 10.4 Å². The Morgan fingerprint density at radius 2 is 1.71 bits per heavy atom. The van der Waals surface area contributed by atoms with Crippen LogP contribution in [0.4, 0.5) is 0 Å². The van der Waals surface area contributed by atoms with Gasteiger partial charge in [-0.25, -0.2) is 0 Å². The van der Waals surface area contributed by atoms with Gasteiger partial charge in [-0.2, -0.15) is 0 Å². The lowest BCUT2D eigenvalue weighted by Crippen LogP contribution is -2.21. The molecule has 3 nitrogen and oxygen atoms in total. The molecule has 5 heteroatoms. The number of amides is 1. The van der Waals surface area contributed by atoms with Crippen molar-refractivity contribution < 1.29 is 9.59 Å². The van der Waals surface area contributed by atoms with Gasteiger partial charge in [0, 0.05) is 9.90 Å². The number of carbonyl (C=O) groups excluding carboxylic acids is 2. The van der Waals surface area contributed by atoms with E-state index in [4.69, 9.17) is 17.3 Å². The second-order valence-electron chi connectivity index (χ2n) is 3.36. The van der Waals surface area contributed by atoms with Gasteiger partial charge in [-0.1, -0.05) is 23.7 Å². The highest BCUT2D eigenvalue weighted by molar-refractivity contribution is 7.18. The third-order valence-electron chi connectivity index (χ3n) is 2.18. The summed E-state index contributed by atoms with van der Waals surface area (Å²) in [6.45, 7) is 0. The Labute approximate surface area is 107 Å². The lowest BCUT2D eigenvalue weighted by atomic mass is 10.2. The first kappa shape index (κ1) is 11.8. The molecule has 2 aromatic rings. The Balaban J connectivity index is 2.33. The maximum absolute atomic E-state index is 11.4. The number of thiophene rings is 1. The Morgan fingerprint density at radius 3 is 2.29 bits per heavy atom. The smallest absolute Gasteiger partial charge is 0.290 e. The van der Waals surface area contributed by atoms with Crippen LogP contribution < -0.4 is 5.73 Å². The molecule has 0 saturated heterocycles. The molecule has 0 bridgehead atoms. The van der Waals surface area contributed by atoms with E-state index in [2.05, 4.69) is 0 Å². The minimum Gasteiger partial charge on any atom is -0.363 e. The molecule has 17 heavy (non-hydrogen) atoms. The molecule has 0 aliphatic heterocycles. The maximum atomic E-state index is 11.4. The van der Waals surface area contributed by atoms with Crippen LogP contribution in [0.5, 0.6) is 0 Å². The van der Waals surface area contributed by atoms with E-state index in [0.29, 0.717) is 9.90 Å². The van der Waals surface area contributed by atoms with Crippen molar-refractivity contribution in [2.75, 3.05) is 0 Å². The summed E-state index contributed by atoms with van der Waals surface area (Å²) < 4.78 is 0. The predicted molar refractivity (Wildman–Crippen MR) is 68.3 cm³/mol. The van der Waals surface area contributed by atoms with Gasteiger partial charge >= 0.3 is 0 Å². The van der Waals surface area contributed by atoms with Gasteiger partial charge in [0.05, 0.1) is 4.88 Å². The summed E-state index contributed by atoms with van der Waals surface area (Å²) in [6, 6.07) is 10.6. The number of ketones is 1. The molecule has 1 aromatic heterocycles. The van der Waals surface area contributed by atoms with E-state index in [1.807, 2.05) is 12.1 Å². The Hall–Kier alpha value is -1.65. The van der Waals surface area contributed by atoms with Crippen LogP contribution in [0.15, 0.2) is 36.4 Å². The van der Waals surface area contributed by atoms with Crippen LogP contribution in [0.2, 0.25) is 5.02 Å². The van der Waals surface area contributed by atoms with E-state index in [9.17, 15) is 9.59 Å². The summed E-state index contributed by atoms with van der Waals surface area (Å²) in [4.78, 5) is 23.4. The van der Waals surface area contributed by atoms with Gasteiger partial charge in [-0.05, 0) is 29.8 Å². The second kappa shape index (κ2) is 4.69. The summed E-state index contributed by atoms with van der Waals surface area (Å²) in [5, 5.41) is 0.652. The molecule has 1 heterocycles. The standard InChI is InChI=1S/C12H8ClNO2S/c13-8-3-1-7(2-4-8)9-5-6-10(17-9)11(15)12(14)16/h1-6H,(H2,14,16). The van der Waals surface area contributed by atoms with Crippen molar-refractivity contribution in [2.24, 2.45) is 5.73 Å². The molecule has 0 atom stereocenters. The highest BCUT2D eigenvalue weighted by Gasteiger charge is 2.15. The summed E-state index contributed by atoms with van der Waals surface area (Å²) >= 11 is 7.02. The molecule has 2 N–H and O–H groups in total. The number of carbonyl (C=O) groups is 2. The third-order valence-corrected chi connectivity index (χ3v) is 3.57.